The Hall–Kier alpha value is -3.09. The van der Waals surface area contributed by atoms with Gasteiger partial charge < -0.3 is 15.1 Å². The van der Waals surface area contributed by atoms with Crippen LogP contribution in [0.3, 0.4) is 0 Å². The van der Waals surface area contributed by atoms with Crippen LogP contribution in [0.15, 0.2) is 36.4 Å². The molecule has 0 spiro atoms. The molecule has 1 heterocycles. The molecular weight excluding hydrogens is 356 g/mol. The number of nitrogens with one attached hydrogen (secondary N) is 1. The van der Waals surface area contributed by atoms with Crippen molar-refractivity contribution < 1.29 is 9.72 Å². The number of nitro groups is 1. The van der Waals surface area contributed by atoms with Crippen molar-refractivity contribution in [3.05, 3.63) is 63.2 Å². The van der Waals surface area contributed by atoms with Gasteiger partial charge in [-0.25, -0.2) is 0 Å². The molecule has 0 aliphatic carbocycles. The Bertz CT molecular complexity index is 889. The smallest absolute Gasteiger partial charge is 0.293 e. The lowest BCUT2D eigenvalue weighted by molar-refractivity contribution is -0.384. The molecule has 2 aromatic rings. The molecule has 0 aromatic heterocycles. The number of amides is 1. The number of carbonyl (C=O) groups is 1. The molecule has 1 saturated heterocycles. The molecule has 0 bridgehead atoms. The minimum Gasteiger partial charge on any atom is -0.380 e. The molecule has 3 rings (SSSR count). The second-order valence-corrected chi connectivity index (χ2v) is 7.02. The standard InChI is InChI=1S/C21H26N4O3/c1-4-22-18-9-8-17(14-20(18)25(27)28)21(26)24-12-10-23(11-13-24)19-7-5-6-15(2)16(19)3/h5-9,14,22H,4,10-13H2,1-3H3. The van der Waals surface area contributed by atoms with E-state index in [-0.39, 0.29) is 11.6 Å². The highest BCUT2D eigenvalue weighted by Gasteiger charge is 2.25. The van der Waals surface area contributed by atoms with Crippen LogP contribution in [0.25, 0.3) is 0 Å². The summed E-state index contributed by atoms with van der Waals surface area (Å²) in [6, 6.07) is 10.9. The molecule has 0 saturated carbocycles. The van der Waals surface area contributed by atoms with Crippen LogP contribution in [-0.4, -0.2) is 48.5 Å². The maximum Gasteiger partial charge on any atom is 0.293 e. The van der Waals surface area contributed by atoms with Gasteiger partial charge in [0.05, 0.1) is 4.92 Å². The zero-order valence-corrected chi connectivity index (χ0v) is 16.6. The van der Waals surface area contributed by atoms with Gasteiger partial charge in [0.2, 0.25) is 0 Å². The lowest BCUT2D eigenvalue weighted by atomic mass is 10.1. The molecule has 1 fully saturated rings. The normalized spacial score (nSPS) is 14.1. The van der Waals surface area contributed by atoms with Crippen LogP contribution in [0.2, 0.25) is 0 Å². The summed E-state index contributed by atoms with van der Waals surface area (Å²) in [4.78, 5) is 27.8. The minimum absolute atomic E-state index is 0.0679. The van der Waals surface area contributed by atoms with Gasteiger partial charge in [-0.1, -0.05) is 12.1 Å². The van der Waals surface area contributed by atoms with Crippen LogP contribution in [0.5, 0.6) is 0 Å². The second kappa shape index (κ2) is 8.29. The summed E-state index contributed by atoms with van der Waals surface area (Å²) in [6.45, 7) is 9.34. The average molecular weight is 382 g/mol. The van der Waals surface area contributed by atoms with Crippen molar-refractivity contribution in [3.63, 3.8) is 0 Å². The zero-order valence-electron chi connectivity index (χ0n) is 16.6. The first-order valence-electron chi connectivity index (χ1n) is 9.55. The van der Waals surface area contributed by atoms with Crippen molar-refractivity contribution in [2.45, 2.75) is 20.8 Å². The molecular formula is C21H26N4O3. The molecule has 1 aliphatic rings. The quantitative estimate of drug-likeness (QED) is 0.631. The van der Waals surface area contributed by atoms with Gasteiger partial charge in [-0.3, -0.25) is 14.9 Å². The lowest BCUT2D eigenvalue weighted by Gasteiger charge is -2.37. The summed E-state index contributed by atoms with van der Waals surface area (Å²) in [7, 11) is 0. The lowest BCUT2D eigenvalue weighted by Crippen LogP contribution is -2.49. The fraction of sp³-hybridized carbons (Fsp3) is 0.381. The summed E-state index contributed by atoms with van der Waals surface area (Å²) in [5.41, 5.74) is 4.44. The number of anilines is 2. The number of benzene rings is 2. The number of aryl methyl sites for hydroxylation is 1. The number of rotatable bonds is 5. The van der Waals surface area contributed by atoms with Crippen molar-refractivity contribution in [2.75, 3.05) is 42.9 Å². The summed E-state index contributed by atoms with van der Waals surface area (Å²) < 4.78 is 0. The average Bonchev–Trinajstić information content (AvgIpc) is 2.70. The SMILES string of the molecule is CCNc1ccc(C(=O)N2CCN(c3cccc(C)c3C)CC2)cc1[N+](=O)[O-]. The number of hydrogen-bond donors (Lipinski definition) is 1. The number of nitrogens with zero attached hydrogens (tertiary/aromatic N) is 3. The molecule has 7 heteroatoms. The molecule has 0 atom stereocenters. The van der Waals surface area contributed by atoms with E-state index in [1.54, 1.807) is 17.0 Å². The highest BCUT2D eigenvalue weighted by atomic mass is 16.6. The first-order chi connectivity index (χ1) is 13.4. The van der Waals surface area contributed by atoms with Gasteiger partial charge in [-0.05, 0) is 50.1 Å². The van der Waals surface area contributed by atoms with E-state index in [1.807, 2.05) is 6.92 Å². The van der Waals surface area contributed by atoms with E-state index in [4.69, 9.17) is 0 Å². The van der Waals surface area contributed by atoms with Crippen molar-refractivity contribution in [2.24, 2.45) is 0 Å². The Morgan fingerprint density at radius 3 is 2.50 bits per heavy atom. The van der Waals surface area contributed by atoms with Crippen LogP contribution in [0, 0.1) is 24.0 Å². The van der Waals surface area contributed by atoms with Crippen LogP contribution < -0.4 is 10.2 Å². The minimum atomic E-state index is -0.451. The number of nitro benzene ring substituents is 1. The third kappa shape index (κ3) is 3.93. The zero-order chi connectivity index (χ0) is 20.3. The number of hydrogen-bond acceptors (Lipinski definition) is 5. The number of piperazine rings is 1. The molecule has 1 N–H and O–H groups in total. The molecule has 0 radical (unpaired) electrons. The molecule has 28 heavy (non-hydrogen) atoms. The topological polar surface area (TPSA) is 78.7 Å². The first-order valence-corrected chi connectivity index (χ1v) is 9.55. The van der Waals surface area contributed by atoms with Crippen molar-refractivity contribution in [1.82, 2.24) is 4.90 Å². The van der Waals surface area contributed by atoms with E-state index >= 15 is 0 Å². The second-order valence-electron chi connectivity index (χ2n) is 7.02. The van der Waals surface area contributed by atoms with Crippen molar-refractivity contribution >= 4 is 23.0 Å². The van der Waals surface area contributed by atoms with Gasteiger partial charge in [-0.15, -0.1) is 0 Å². The van der Waals surface area contributed by atoms with Crippen LogP contribution >= 0.6 is 0 Å². The first kappa shape index (κ1) is 19.7. The molecule has 148 valence electrons. The third-order valence-electron chi connectivity index (χ3n) is 5.29. The highest BCUT2D eigenvalue weighted by molar-refractivity contribution is 5.96. The van der Waals surface area contributed by atoms with Crippen molar-refractivity contribution in [3.8, 4) is 0 Å². The summed E-state index contributed by atoms with van der Waals surface area (Å²) in [5.74, 6) is -0.160. The van der Waals surface area contributed by atoms with Gasteiger partial charge in [0.15, 0.2) is 0 Å². The predicted molar refractivity (Wildman–Crippen MR) is 111 cm³/mol. The fourth-order valence-electron chi connectivity index (χ4n) is 3.57. The Kier molecular flexibility index (Phi) is 5.82. The van der Waals surface area contributed by atoms with Gasteiger partial charge in [0.1, 0.15) is 5.69 Å². The Morgan fingerprint density at radius 2 is 1.86 bits per heavy atom. The highest BCUT2D eigenvalue weighted by Crippen LogP contribution is 2.27. The van der Waals surface area contributed by atoms with Crippen molar-refractivity contribution in [1.29, 1.82) is 0 Å². The maximum absolute atomic E-state index is 12.9. The van der Waals surface area contributed by atoms with E-state index in [1.165, 1.54) is 22.9 Å². The summed E-state index contributed by atoms with van der Waals surface area (Å²) in [6.07, 6.45) is 0. The molecule has 7 nitrogen and oxygen atoms in total. The van der Waals surface area contributed by atoms with Gasteiger partial charge in [0.25, 0.3) is 11.6 Å². The Morgan fingerprint density at radius 1 is 1.14 bits per heavy atom. The maximum atomic E-state index is 12.9. The Balaban J connectivity index is 1.72. The van der Waals surface area contributed by atoms with E-state index in [0.717, 1.165) is 13.1 Å². The van der Waals surface area contributed by atoms with E-state index in [9.17, 15) is 14.9 Å². The molecule has 2 aromatic carbocycles. The predicted octanol–water partition coefficient (Wildman–Crippen LogP) is 3.61. The molecule has 0 unspecified atom stereocenters. The van der Waals surface area contributed by atoms with Gasteiger partial charge >= 0.3 is 0 Å². The van der Waals surface area contributed by atoms with Crippen LogP contribution in [0.1, 0.15) is 28.4 Å². The van der Waals surface area contributed by atoms with Crippen LogP contribution in [0.4, 0.5) is 17.1 Å². The van der Waals surface area contributed by atoms with E-state index in [0.29, 0.717) is 30.9 Å². The molecule has 1 aliphatic heterocycles. The summed E-state index contributed by atoms with van der Waals surface area (Å²) >= 11 is 0. The third-order valence-corrected chi connectivity index (χ3v) is 5.29. The molecule has 1 amide bonds. The van der Waals surface area contributed by atoms with Gasteiger partial charge in [-0.2, -0.15) is 0 Å². The Labute approximate surface area is 165 Å². The van der Waals surface area contributed by atoms with Crippen LogP contribution in [-0.2, 0) is 0 Å². The fourth-order valence-corrected chi connectivity index (χ4v) is 3.57. The van der Waals surface area contributed by atoms with Gasteiger partial charge in [0, 0.05) is 50.0 Å². The largest absolute Gasteiger partial charge is 0.380 e. The van der Waals surface area contributed by atoms with E-state index in [2.05, 4.69) is 42.3 Å². The monoisotopic (exact) mass is 382 g/mol. The number of carbonyl (C=O) groups excluding carboxylic acids is 1. The summed E-state index contributed by atoms with van der Waals surface area (Å²) in [5, 5.41) is 14.3. The van der Waals surface area contributed by atoms with E-state index < -0.39 is 4.92 Å².